The van der Waals surface area contributed by atoms with E-state index in [0.717, 1.165) is 11.1 Å². The third kappa shape index (κ3) is 4.89. The van der Waals surface area contributed by atoms with Gasteiger partial charge in [0.15, 0.2) is 11.5 Å². The molecule has 0 N–H and O–H groups in total. The molecular weight excluding hydrogens is 484 g/mol. The summed E-state index contributed by atoms with van der Waals surface area (Å²) in [6.07, 6.45) is 1.68. The van der Waals surface area contributed by atoms with Crippen molar-refractivity contribution in [1.29, 1.82) is 0 Å². The Hall–Kier alpha value is -3.57. The topological polar surface area (TPSA) is 103 Å². The zero-order chi connectivity index (χ0) is 25.9. The summed E-state index contributed by atoms with van der Waals surface area (Å²) in [4.78, 5) is 11.3. The number of aryl methyl sites for hydroxylation is 1. The van der Waals surface area contributed by atoms with Crippen molar-refractivity contribution in [1.82, 2.24) is 14.3 Å². The molecule has 0 bridgehead atoms. The van der Waals surface area contributed by atoms with E-state index in [-0.39, 0.29) is 4.90 Å². The molecule has 2 heterocycles. The minimum atomic E-state index is -3.70. The highest BCUT2D eigenvalue weighted by molar-refractivity contribution is 7.89. The number of ether oxygens (including phenoxy) is 4. The van der Waals surface area contributed by atoms with Crippen LogP contribution in [0.1, 0.15) is 5.56 Å². The summed E-state index contributed by atoms with van der Waals surface area (Å²) in [5, 5.41) is 0. The Kier molecular flexibility index (Phi) is 7.51. The average molecular weight is 515 g/mol. The molecule has 0 saturated carbocycles. The van der Waals surface area contributed by atoms with E-state index < -0.39 is 10.0 Å². The summed E-state index contributed by atoms with van der Waals surface area (Å²) in [5.41, 5.74) is 2.39. The molecule has 0 unspecified atom stereocenters. The maximum absolute atomic E-state index is 13.3. The number of aromatic nitrogens is 2. The fraction of sp³-hybridized carbons (Fsp3) is 0.360. The molecule has 0 radical (unpaired) electrons. The van der Waals surface area contributed by atoms with E-state index in [1.54, 1.807) is 51.8 Å². The number of piperazine rings is 1. The predicted octanol–water partition coefficient (Wildman–Crippen LogP) is 3.00. The zero-order valence-electron chi connectivity index (χ0n) is 21.0. The maximum atomic E-state index is 13.3. The third-order valence-corrected chi connectivity index (χ3v) is 8.00. The lowest BCUT2D eigenvalue weighted by atomic mass is 10.1. The molecule has 2 aromatic carbocycles. The van der Waals surface area contributed by atoms with Gasteiger partial charge in [-0.15, -0.1) is 0 Å². The lowest BCUT2D eigenvalue weighted by molar-refractivity contribution is 0.324. The molecule has 0 atom stereocenters. The van der Waals surface area contributed by atoms with Crippen LogP contribution in [0.5, 0.6) is 23.0 Å². The fourth-order valence-electron chi connectivity index (χ4n) is 4.15. The molecule has 1 fully saturated rings. The monoisotopic (exact) mass is 514 g/mol. The van der Waals surface area contributed by atoms with E-state index in [9.17, 15) is 8.42 Å². The standard InChI is InChI=1S/C25H30N4O6S/c1-17-6-7-23(20(14-17)32-2)36(30,31)29-12-10-28(11-13-29)25-26-9-8-19(27-25)18-15-21(33-3)24(35-5)22(16-18)34-4/h6-9,14-16H,10-13H2,1-5H3. The second kappa shape index (κ2) is 10.6. The molecule has 36 heavy (non-hydrogen) atoms. The van der Waals surface area contributed by atoms with E-state index in [0.29, 0.717) is 60.8 Å². The van der Waals surface area contributed by atoms with Gasteiger partial charge in [0.05, 0.1) is 34.1 Å². The van der Waals surface area contributed by atoms with E-state index in [4.69, 9.17) is 23.9 Å². The predicted molar refractivity (Wildman–Crippen MR) is 136 cm³/mol. The van der Waals surface area contributed by atoms with Gasteiger partial charge in [0.2, 0.25) is 21.7 Å². The fourth-order valence-corrected chi connectivity index (χ4v) is 5.70. The molecular formula is C25H30N4O6S. The van der Waals surface area contributed by atoms with Crippen LogP contribution in [0.2, 0.25) is 0 Å². The minimum Gasteiger partial charge on any atom is -0.495 e. The Morgan fingerprint density at radius 2 is 1.44 bits per heavy atom. The van der Waals surface area contributed by atoms with Crippen LogP contribution >= 0.6 is 0 Å². The van der Waals surface area contributed by atoms with Gasteiger partial charge in [-0.1, -0.05) is 6.07 Å². The van der Waals surface area contributed by atoms with Gasteiger partial charge in [-0.3, -0.25) is 0 Å². The second-order valence-corrected chi connectivity index (χ2v) is 10.1. The number of hydrogen-bond acceptors (Lipinski definition) is 9. The highest BCUT2D eigenvalue weighted by Crippen LogP contribution is 2.41. The Morgan fingerprint density at radius 3 is 2.03 bits per heavy atom. The first-order valence-electron chi connectivity index (χ1n) is 11.4. The van der Waals surface area contributed by atoms with Crippen LogP contribution in [0.25, 0.3) is 11.3 Å². The van der Waals surface area contributed by atoms with Gasteiger partial charge < -0.3 is 23.8 Å². The number of anilines is 1. The van der Waals surface area contributed by atoms with Crippen molar-refractivity contribution in [3.63, 3.8) is 0 Å². The van der Waals surface area contributed by atoms with Crippen molar-refractivity contribution in [3.8, 4) is 34.3 Å². The highest BCUT2D eigenvalue weighted by Gasteiger charge is 2.31. The second-order valence-electron chi connectivity index (χ2n) is 8.20. The van der Waals surface area contributed by atoms with E-state index >= 15 is 0 Å². The van der Waals surface area contributed by atoms with Crippen LogP contribution in [0.3, 0.4) is 0 Å². The summed E-state index contributed by atoms with van der Waals surface area (Å²) >= 11 is 0. The quantitative estimate of drug-likeness (QED) is 0.449. The van der Waals surface area contributed by atoms with Crippen LogP contribution in [0, 0.1) is 6.92 Å². The molecule has 4 rings (SSSR count). The molecule has 1 aliphatic rings. The Morgan fingerprint density at radius 1 is 0.806 bits per heavy atom. The molecule has 3 aromatic rings. The Bertz CT molecular complexity index is 1320. The van der Waals surface area contributed by atoms with Crippen LogP contribution in [0.4, 0.5) is 5.95 Å². The summed E-state index contributed by atoms with van der Waals surface area (Å²) in [5.74, 6) is 2.42. The number of hydrogen-bond donors (Lipinski definition) is 0. The first-order chi connectivity index (χ1) is 17.3. The van der Waals surface area contributed by atoms with Gasteiger partial charge in [0.25, 0.3) is 0 Å². The molecule has 1 aliphatic heterocycles. The summed E-state index contributed by atoms with van der Waals surface area (Å²) < 4.78 is 49.7. The number of methoxy groups -OCH3 is 4. The van der Waals surface area contributed by atoms with Crippen molar-refractivity contribution < 1.29 is 27.4 Å². The third-order valence-electron chi connectivity index (χ3n) is 6.06. The van der Waals surface area contributed by atoms with Gasteiger partial charge >= 0.3 is 0 Å². The average Bonchev–Trinajstić information content (AvgIpc) is 2.92. The van der Waals surface area contributed by atoms with Crippen molar-refractivity contribution in [2.24, 2.45) is 0 Å². The maximum Gasteiger partial charge on any atom is 0.246 e. The molecule has 10 nitrogen and oxygen atoms in total. The largest absolute Gasteiger partial charge is 0.495 e. The first-order valence-corrected chi connectivity index (χ1v) is 12.8. The first kappa shape index (κ1) is 25.5. The van der Waals surface area contributed by atoms with Crippen LogP contribution < -0.4 is 23.8 Å². The van der Waals surface area contributed by atoms with Gasteiger partial charge in [-0.2, -0.15) is 4.31 Å². The number of benzene rings is 2. The molecule has 0 aliphatic carbocycles. The van der Waals surface area contributed by atoms with Crippen LogP contribution in [-0.4, -0.2) is 77.3 Å². The smallest absolute Gasteiger partial charge is 0.246 e. The van der Waals surface area contributed by atoms with Crippen molar-refractivity contribution in [2.45, 2.75) is 11.8 Å². The zero-order valence-corrected chi connectivity index (χ0v) is 21.8. The summed E-state index contributed by atoms with van der Waals surface area (Å²) in [6.45, 7) is 3.40. The van der Waals surface area contributed by atoms with Crippen molar-refractivity contribution in [3.05, 3.63) is 48.2 Å². The van der Waals surface area contributed by atoms with E-state index in [1.165, 1.54) is 11.4 Å². The summed E-state index contributed by atoms with van der Waals surface area (Å²) in [6, 6.07) is 10.5. The molecule has 192 valence electrons. The van der Waals surface area contributed by atoms with Gasteiger partial charge in [0, 0.05) is 37.9 Å². The van der Waals surface area contributed by atoms with Gasteiger partial charge in [-0.05, 0) is 42.8 Å². The van der Waals surface area contributed by atoms with Crippen molar-refractivity contribution in [2.75, 3.05) is 59.5 Å². The molecule has 0 spiro atoms. The Balaban J connectivity index is 1.54. The van der Waals surface area contributed by atoms with E-state index in [2.05, 4.69) is 4.98 Å². The molecule has 0 amide bonds. The SMILES string of the molecule is COc1cc(C)ccc1S(=O)(=O)N1CCN(c2nccc(-c3cc(OC)c(OC)c(OC)c3)n2)CC1. The van der Waals surface area contributed by atoms with Crippen LogP contribution in [0.15, 0.2) is 47.5 Å². The van der Waals surface area contributed by atoms with Crippen molar-refractivity contribution >= 4 is 16.0 Å². The Labute approximate surface area is 211 Å². The van der Waals surface area contributed by atoms with Crippen LogP contribution in [-0.2, 0) is 10.0 Å². The van der Waals surface area contributed by atoms with Gasteiger partial charge in [0.1, 0.15) is 10.6 Å². The van der Waals surface area contributed by atoms with E-state index in [1.807, 2.05) is 24.0 Å². The minimum absolute atomic E-state index is 0.171. The number of rotatable bonds is 8. The normalized spacial score (nSPS) is 14.4. The molecule has 1 aromatic heterocycles. The number of nitrogens with zero attached hydrogens (tertiary/aromatic N) is 4. The van der Waals surface area contributed by atoms with Gasteiger partial charge in [-0.25, -0.2) is 18.4 Å². The molecule has 11 heteroatoms. The lowest BCUT2D eigenvalue weighted by Crippen LogP contribution is -2.49. The number of sulfonamides is 1. The highest BCUT2D eigenvalue weighted by atomic mass is 32.2. The lowest BCUT2D eigenvalue weighted by Gasteiger charge is -2.34. The summed E-state index contributed by atoms with van der Waals surface area (Å²) in [7, 11) is 2.45. The molecule has 1 saturated heterocycles.